The van der Waals surface area contributed by atoms with Gasteiger partial charge < -0.3 is 19.4 Å². The first kappa shape index (κ1) is 32.9. The second-order valence-corrected chi connectivity index (χ2v) is 16.5. The Morgan fingerprint density at radius 1 is 1.04 bits per heavy atom. The van der Waals surface area contributed by atoms with Gasteiger partial charge in [-0.3, -0.25) is 4.79 Å². The summed E-state index contributed by atoms with van der Waals surface area (Å²) in [6.07, 6.45) is 8.08. The van der Waals surface area contributed by atoms with Crippen molar-refractivity contribution in [2.24, 2.45) is 22.9 Å². The molecule has 6 rings (SSSR count). The van der Waals surface area contributed by atoms with Crippen molar-refractivity contribution in [3.05, 3.63) is 58.1 Å². The Labute approximate surface area is 278 Å². The number of aryl methyl sites for hydroxylation is 1. The van der Waals surface area contributed by atoms with Crippen LogP contribution < -0.4 is 14.4 Å². The van der Waals surface area contributed by atoms with Crippen molar-refractivity contribution in [3.8, 4) is 5.75 Å². The fourth-order valence-corrected chi connectivity index (χ4v) is 9.13. The summed E-state index contributed by atoms with van der Waals surface area (Å²) in [6.45, 7) is 5.58. The van der Waals surface area contributed by atoms with E-state index in [1.165, 1.54) is 5.56 Å². The molecule has 0 aromatic heterocycles. The highest BCUT2D eigenvalue weighted by molar-refractivity contribution is 7.90. The van der Waals surface area contributed by atoms with E-state index in [0.717, 1.165) is 86.6 Å². The fraction of sp³-hybridized carbons (Fsp3) is 0.600. The number of nitrogens with one attached hydrogen (secondary N) is 1. The number of carbonyl (C=O) groups excluding carboxylic acids is 1. The lowest BCUT2D eigenvalue weighted by molar-refractivity contribution is -0.118. The quantitative estimate of drug-likeness (QED) is 0.347. The Morgan fingerprint density at radius 3 is 2.61 bits per heavy atom. The molecule has 1 saturated carbocycles. The maximum absolute atomic E-state index is 13.5. The minimum atomic E-state index is -3.91. The van der Waals surface area contributed by atoms with E-state index >= 15 is 0 Å². The minimum absolute atomic E-state index is 0.142. The molecule has 1 spiro atoms. The molecule has 1 fully saturated rings. The number of fused-ring (bicyclic) bond motifs is 4. The van der Waals surface area contributed by atoms with Crippen LogP contribution >= 0.6 is 11.6 Å². The number of rotatable bonds is 0. The van der Waals surface area contributed by atoms with E-state index < -0.39 is 26.8 Å². The molecule has 46 heavy (non-hydrogen) atoms. The van der Waals surface area contributed by atoms with Gasteiger partial charge in [0.05, 0.1) is 17.4 Å². The lowest BCUT2D eigenvalue weighted by Gasteiger charge is -2.48. The number of carbonyl (C=O) groups is 1. The van der Waals surface area contributed by atoms with Crippen LogP contribution in [0.4, 0.5) is 5.69 Å². The summed E-state index contributed by atoms with van der Waals surface area (Å²) in [4.78, 5) is 24.3. The fourth-order valence-electron chi connectivity index (χ4n) is 7.62. The van der Waals surface area contributed by atoms with Gasteiger partial charge in [-0.15, -0.1) is 0 Å². The first-order chi connectivity index (χ1) is 22.0. The second-order valence-electron chi connectivity index (χ2n) is 14.0. The van der Waals surface area contributed by atoms with Crippen LogP contribution in [0.25, 0.3) is 0 Å². The summed E-state index contributed by atoms with van der Waals surface area (Å²) in [5.74, 6) is 1.57. The van der Waals surface area contributed by atoms with Crippen molar-refractivity contribution in [3.63, 3.8) is 0 Å². The van der Waals surface area contributed by atoms with Gasteiger partial charge in [0.15, 0.2) is 0 Å². The standard InChI is InChI=1S/C35H47ClN4O5S/c1-23-8-7-16-35(20-33(37-45-35)39(3)4)30-14-11-27(30)21-40-17-6-5-9-25-18-29(36)13-10-28(25)22-44-32-15-12-26(19-31(32)40)34(41)38-46(42,43)24(23)2/h10,12-13,15,18-19,23-24,27,30H,5-9,11,14,16-17,20-22H2,1-4H3,(H,38,41)/t23-,24+,27-,30+,35+/m0/s1. The first-order valence-electron chi connectivity index (χ1n) is 16.7. The van der Waals surface area contributed by atoms with Gasteiger partial charge in [-0.2, -0.15) is 0 Å². The van der Waals surface area contributed by atoms with Crippen LogP contribution in [0.5, 0.6) is 5.75 Å². The molecule has 1 aliphatic carbocycles. The summed E-state index contributed by atoms with van der Waals surface area (Å²) >= 11 is 6.36. The molecule has 1 N–H and O–H groups in total. The number of sulfonamides is 1. The Hall–Kier alpha value is -2.98. The first-order valence-corrected chi connectivity index (χ1v) is 18.7. The summed E-state index contributed by atoms with van der Waals surface area (Å²) < 4.78 is 35.7. The van der Waals surface area contributed by atoms with Crippen LogP contribution in [0.1, 0.15) is 86.7 Å². The molecule has 0 unspecified atom stereocenters. The van der Waals surface area contributed by atoms with Gasteiger partial charge >= 0.3 is 0 Å². The van der Waals surface area contributed by atoms with Gasteiger partial charge in [0.25, 0.3) is 5.91 Å². The molecule has 2 aromatic rings. The van der Waals surface area contributed by atoms with Crippen LogP contribution in [0.2, 0.25) is 5.02 Å². The topological polar surface area (TPSA) is 101 Å². The number of nitrogens with zero attached hydrogens (tertiary/aromatic N) is 3. The van der Waals surface area contributed by atoms with Gasteiger partial charge in [0.2, 0.25) is 10.0 Å². The highest BCUT2D eigenvalue weighted by atomic mass is 35.5. The summed E-state index contributed by atoms with van der Waals surface area (Å²) in [5, 5.41) is 4.54. The van der Waals surface area contributed by atoms with Crippen LogP contribution in [-0.2, 0) is 27.9 Å². The van der Waals surface area contributed by atoms with Gasteiger partial charge in [-0.1, -0.05) is 29.7 Å². The Bertz CT molecular complexity index is 1600. The van der Waals surface area contributed by atoms with E-state index in [2.05, 4.69) is 14.8 Å². The van der Waals surface area contributed by atoms with Gasteiger partial charge in [-0.25, -0.2) is 13.1 Å². The summed E-state index contributed by atoms with van der Waals surface area (Å²) in [6, 6.07) is 11.2. The minimum Gasteiger partial charge on any atom is -0.487 e. The van der Waals surface area contributed by atoms with Crippen molar-refractivity contribution in [1.29, 1.82) is 0 Å². The van der Waals surface area contributed by atoms with E-state index in [4.69, 9.17) is 21.2 Å². The summed E-state index contributed by atoms with van der Waals surface area (Å²) in [7, 11) is 0.106. The van der Waals surface area contributed by atoms with Crippen molar-refractivity contribution in [1.82, 2.24) is 9.62 Å². The zero-order valence-electron chi connectivity index (χ0n) is 27.4. The molecule has 2 bridgehead atoms. The molecule has 250 valence electrons. The molecule has 4 aliphatic rings. The third kappa shape index (κ3) is 6.70. The number of hydrogen-bond acceptors (Lipinski definition) is 8. The molecule has 0 radical (unpaired) electrons. The van der Waals surface area contributed by atoms with Crippen LogP contribution in [0, 0.1) is 17.8 Å². The Kier molecular flexibility index (Phi) is 9.50. The average molecular weight is 671 g/mol. The predicted molar refractivity (Wildman–Crippen MR) is 182 cm³/mol. The zero-order valence-corrected chi connectivity index (χ0v) is 29.0. The molecule has 3 aliphatic heterocycles. The van der Waals surface area contributed by atoms with Crippen LogP contribution in [0.3, 0.4) is 0 Å². The van der Waals surface area contributed by atoms with E-state index in [1.807, 2.05) is 56.3 Å². The molecule has 3 heterocycles. The Morgan fingerprint density at radius 2 is 1.87 bits per heavy atom. The predicted octanol–water partition coefficient (Wildman–Crippen LogP) is 6.39. The number of amidine groups is 1. The number of ether oxygens (including phenoxy) is 1. The lowest BCUT2D eigenvalue weighted by Crippen LogP contribution is -2.51. The van der Waals surface area contributed by atoms with E-state index in [9.17, 15) is 13.2 Å². The van der Waals surface area contributed by atoms with E-state index in [1.54, 1.807) is 13.0 Å². The monoisotopic (exact) mass is 670 g/mol. The van der Waals surface area contributed by atoms with Crippen LogP contribution in [0.15, 0.2) is 41.6 Å². The SMILES string of the molecule is C[C@@H]1[C@@H](C)CCC[C@@]2(CC(N(C)C)=NO2)[C@@H]2CC[C@H]2CN2CCCCc3cc(Cl)ccc3COc3ccc(cc32)C(=O)NS1(=O)=O. The molecule has 0 saturated heterocycles. The molecule has 2 aromatic carbocycles. The normalized spacial score (nSPS) is 29.9. The lowest BCUT2D eigenvalue weighted by atomic mass is 9.62. The molecule has 9 nitrogen and oxygen atoms in total. The largest absolute Gasteiger partial charge is 0.487 e. The van der Waals surface area contributed by atoms with E-state index in [-0.39, 0.29) is 5.92 Å². The molecule has 11 heteroatoms. The molecule has 1 amide bonds. The van der Waals surface area contributed by atoms with Crippen LogP contribution in [-0.4, -0.2) is 63.1 Å². The molecular weight excluding hydrogens is 624 g/mol. The number of benzene rings is 2. The van der Waals surface area contributed by atoms with E-state index in [0.29, 0.717) is 36.2 Å². The van der Waals surface area contributed by atoms with Crippen molar-refractivity contribution >= 4 is 39.1 Å². The second kappa shape index (κ2) is 13.3. The summed E-state index contributed by atoms with van der Waals surface area (Å²) in [5.41, 5.74) is 2.98. The number of anilines is 1. The van der Waals surface area contributed by atoms with Crippen molar-refractivity contribution in [2.45, 2.75) is 89.1 Å². The Balaban J connectivity index is 1.39. The van der Waals surface area contributed by atoms with Gasteiger partial charge in [-0.05, 0) is 112 Å². The third-order valence-electron chi connectivity index (χ3n) is 10.9. The van der Waals surface area contributed by atoms with Gasteiger partial charge in [0, 0.05) is 43.7 Å². The van der Waals surface area contributed by atoms with Crippen molar-refractivity contribution < 1.29 is 22.8 Å². The maximum Gasteiger partial charge on any atom is 0.264 e. The zero-order chi connectivity index (χ0) is 32.6. The number of oxime groups is 1. The molecular formula is C35H47ClN4O5S. The maximum atomic E-state index is 13.5. The molecule has 5 atom stereocenters. The number of halogens is 1. The number of amides is 1. The number of hydrogen-bond donors (Lipinski definition) is 1. The highest BCUT2D eigenvalue weighted by Gasteiger charge is 2.53. The average Bonchev–Trinajstić information content (AvgIpc) is 3.42. The van der Waals surface area contributed by atoms with Gasteiger partial charge in [0.1, 0.15) is 23.8 Å². The smallest absolute Gasteiger partial charge is 0.264 e. The van der Waals surface area contributed by atoms with Crippen molar-refractivity contribution in [2.75, 3.05) is 32.1 Å². The highest BCUT2D eigenvalue weighted by Crippen LogP contribution is 2.51. The third-order valence-corrected chi connectivity index (χ3v) is 13.0.